The normalized spacial score (nSPS) is 22.9. The third-order valence-corrected chi connectivity index (χ3v) is 4.96. The Bertz CT molecular complexity index is 530. The van der Waals surface area contributed by atoms with E-state index < -0.39 is 10.0 Å². The molecule has 0 aromatic carbocycles. The lowest BCUT2D eigenvalue weighted by molar-refractivity contribution is 0.538. The van der Waals surface area contributed by atoms with Gasteiger partial charge in [-0.05, 0) is 31.6 Å². The van der Waals surface area contributed by atoms with Crippen molar-refractivity contribution in [2.24, 2.45) is 5.92 Å². The molecule has 112 valence electrons. The maximum atomic E-state index is 12.2. The monoisotopic (exact) mass is 298 g/mol. The zero-order valence-corrected chi connectivity index (χ0v) is 12.8. The summed E-state index contributed by atoms with van der Waals surface area (Å²) in [6, 6.07) is 0.0351. The summed E-state index contributed by atoms with van der Waals surface area (Å²) in [6.07, 6.45) is 6.54. The van der Waals surface area contributed by atoms with Gasteiger partial charge in [0.25, 0.3) is 0 Å². The summed E-state index contributed by atoms with van der Waals surface area (Å²) in [5, 5.41) is 3.01. The maximum Gasteiger partial charge on any atom is 0.243 e. The lowest BCUT2D eigenvalue weighted by Crippen LogP contribution is -2.33. The van der Waals surface area contributed by atoms with Crippen LogP contribution in [0.3, 0.4) is 0 Å². The third kappa shape index (κ3) is 3.89. The molecular weight excluding hydrogens is 276 g/mol. The number of nitrogens with zero attached hydrogens (tertiary/aromatic N) is 2. The largest absolute Gasteiger partial charge is 0.354 e. The molecule has 2 rings (SSSR count). The van der Waals surface area contributed by atoms with Gasteiger partial charge in [0.15, 0.2) is 0 Å². The number of anilines is 1. The minimum atomic E-state index is -3.51. The van der Waals surface area contributed by atoms with Crippen molar-refractivity contribution >= 4 is 16.0 Å². The predicted molar refractivity (Wildman–Crippen MR) is 77.9 cm³/mol. The van der Waals surface area contributed by atoms with Gasteiger partial charge >= 0.3 is 0 Å². The van der Waals surface area contributed by atoms with E-state index in [1.807, 2.05) is 6.92 Å². The summed E-state index contributed by atoms with van der Waals surface area (Å²) in [7, 11) is -3.51. The molecule has 1 saturated carbocycles. The summed E-state index contributed by atoms with van der Waals surface area (Å²) >= 11 is 0. The van der Waals surface area contributed by atoms with E-state index in [0.29, 0.717) is 11.9 Å². The second-order valence-corrected chi connectivity index (χ2v) is 7.12. The molecule has 0 aliphatic heterocycles. The fourth-order valence-electron chi connectivity index (χ4n) is 2.38. The smallest absolute Gasteiger partial charge is 0.243 e. The van der Waals surface area contributed by atoms with Gasteiger partial charge in [-0.2, -0.15) is 0 Å². The lowest BCUT2D eigenvalue weighted by Gasteiger charge is -2.12. The molecule has 0 bridgehead atoms. The summed E-state index contributed by atoms with van der Waals surface area (Å²) in [6.45, 7) is 4.95. The van der Waals surface area contributed by atoms with Gasteiger partial charge in [0.05, 0.1) is 12.4 Å². The van der Waals surface area contributed by atoms with E-state index >= 15 is 0 Å². The fourth-order valence-corrected chi connectivity index (χ4v) is 3.56. The zero-order chi connectivity index (χ0) is 14.6. The number of aromatic nitrogens is 2. The zero-order valence-electron chi connectivity index (χ0n) is 12.0. The Morgan fingerprint density at radius 2 is 2.00 bits per heavy atom. The van der Waals surface area contributed by atoms with Crippen LogP contribution < -0.4 is 10.0 Å². The average Bonchev–Trinajstić information content (AvgIpc) is 2.81. The standard InChI is InChI=1S/C13H22N4O2S/c1-3-6-14-13-15-8-12(9-16-13)20(18,19)17-11-5-4-10(2)7-11/h8-11,17H,3-7H2,1-2H3,(H,14,15,16). The summed E-state index contributed by atoms with van der Waals surface area (Å²) in [4.78, 5) is 8.19. The second-order valence-electron chi connectivity index (χ2n) is 5.41. The van der Waals surface area contributed by atoms with Crippen molar-refractivity contribution in [1.29, 1.82) is 0 Å². The van der Waals surface area contributed by atoms with Gasteiger partial charge in [0.2, 0.25) is 16.0 Å². The van der Waals surface area contributed by atoms with Crippen LogP contribution in [0.15, 0.2) is 17.3 Å². The molecule has 1 fully saturated rings. The molecule has 2 N–H and O–H groups in total. The number of hydrogen-bond donors (Lipinski definition) is 2. The highest BCUT2D eigenvalue weighted by atomic mass is 32.2. The van der Waals surface area contributed by atoms with Crippen molar-refractivity contribution < 1.29 is 8.42 Å². The average molecular weight is 298 g/mol. The van der Waals surface area contributed by atoms with Gasteiger partial charge in [0.1, 0.15) is 4.90 Å². The van der Waals surface area contributed by atoms with Gasteiger partial charge in [-0.25, -0.2) is 23.1 Å². The molecule has 7 heteroatoms. The van der Waals surface area contributed by atoms with E-state index in [4.69, 9.17) is 0 Å². The van der Waals surface area contributed by atoms with Gasteiger partial charge in [-0.3, -0.25) is 0 Å². The van der Waals surface area contributed by atoms with Crippen molar-refractivity contribution in [3.63, 3.8) is 0 Å². The van der Waals surface area contributed by atoms with Crippen LogP contribution in [-0.4, -0.2) is 31.0 Å². The molecule has 1 aromatic rings. The summed E-state index contributed by atoms with van der Waals surface area (Å²) < 4.78 is 27.2. The first-order chi connectivity index (χ1) is 9.51. The first-order valence-electron chi connectivity index (χ1n) is 7.09. The highest BCUT2D eigenvalue weighted by Gasteiger charge is 2.26. The van der Waals surface area contributed by atoms with Crippen LogP contribution in [0.4, 0.5) is 5.95 Å². The molecule has 1 aliphatic rings. The molecule has 1 heterocycles. The van der Waals surface area contributed by atoms with Gasteiger partial charge in [-0.15, -0.1) is 0 Å². The Morgan fingerprint density at radius 1 is 1.30 bits per heavy atom. The van der Waals surface area contributed by atoms with Gasteiger partial charge in [0, 0.05) is 12.6 Å². The summed E-state index contributed by atoms with van der Waals surface area (Å²) in [5.74, 6) is 1.04. The predicted octanol–water partition coefficient (Wildman–Crippen LogP) is 1.77. The maximum absolute atomic E-state index is 12.2. The van der Waals surface area contributed by atoms with Crippen LogP contribution in [0.25, 0.3) is 0 Å². The molecule has 0 spiro atoms. The molecular formula is C13H22N4O2S. The molecule has 1 aliphatic carbocycles. The first kappa shape index (κ1) is 15.2. The molecule has 0 radical (unpaired) electrons. The van der Waals surface area contributed by atoms with E-state index in [9.17, 15) is 8.42 Å². The molecule has 2 atom stereocenters. The molecule has 2 unspecified atom stereocenters. The topological polar surface area (TPSA) is 84.0 Å². The Kier molecular flexibility index (Phi) is 4.93. The van der Waals surface area contributed by atoms with Crippen molar-refractivity contribution in [1.82, 2.24) is 14.7 Å². The molecule has 1 aromatic heterocycles. The molecule has 0 amide bonds. The van der Waals surface area contributed by atoms with Crippen molar-refractivity contribution in [3.8, 4) is 0 Å². The van der Waals surface area contributed by atoms with E-state index in [1.54, 1.807) is 0 Å². The minimum Gasteiger partial charge on any atom is -0.354 e. The Labute approximate surface area is 120 Å². The van der Waals surface area contributed by atoms with Gasteiger partial charge < -0.3 is 5.32 Å². The van der Waals surface area contributed by atoms with E-state index in [-0.39, 0.29) is 10.9 Å². The van der Waals surface area contributed by atoms with Crippen LogP contribution in [0.1, 0.15) is 39.5 Å². The minimum absolute atomic E-state index is 0.0351. The van der Waals surface area contributed by atoms with Crippen LogP contribution >= 0.6 is 0 Å². The van der Waals surface area contributed by atoms with Crippen molar-refractivity contribution in [2.45, 2.75) is 50.5 Å². The van der Waals surface area contributed by atoms with E-state index in [1.165, 1.54) is 12.4 Å². The number of hydrogen-bond acceptors (Lipinski definition) is 5. The molecule has 6 nitrogen and oxygen atoms in total. The highest BCUT2D eigenvalue weighted by molar-refractivity contribution is 7.89. The highest BCUT2D eigenvalue weighted by Crippen LogP contribution is 2.25. The number of rotatable bonds is 6. The Morgan fingerprint density at radius 3 is 2.55 bits per heavy atom. The Balaban J connectivity index is 2.01. The van der Waals surface area contributed by atoms with Crippen LogP contribution in [-0.2, 0) is 10.0 Å². The Hall–Kier alpha value is -1.21. The summed E-state index contributed by atoms with van der Waals surface area (Å²) in [5.41, 5.74) is 0. The number of nitrogens with one attached hydrogen (secondary N) is 2. The lowest BCUT2D eigenvalue weighted by atomic mass is 10.1. The van der Waals surface area contributed by atoms with Crippen LogP contribution in [0.5, 0.6) is 0 Å². The van der Waals surface area contributed by atoms with Gasteiger partial charge in [-0.1, -0.05) is 13.8 Å². The van der Waals surface area contributed by atoms with E-state index in [0.717, 1.165) is 32.2 Å². The van der Waals surface area contributed by atoms with Crippen LogP contribution in [0.2, 0.25) is 0 Å². The van der Waals surface area contributed by atoms with E-state index in [2.05, 4.69) is 26.9 Å². The first-order valence-corrected chi connectivity index (χ1v) is 8.58. The SMILES string of the molecule is CCCNc1ncc(S(=O)(=O)NC2CCC(C)C2)cn1. The quantitative estimate of drug-likeness (QED) is 0.836. The fraction of sp³-hybridized carbons (Fsp3) is 0.692. The van der Waals surface area contributed by atoms with Crippen LogP contribution in [0, 0.1) is 5.92 Å². The number of sulfonamides is 1. The van der Waals surface area contributed by atoms with Crippen molar-refractivity contribution in [3.05, 3.63) is 12.4 Å². The van der Waals surface area contributed by atoms with Crippen molar-refractivity contribution in [2.75, 3.05) is 11.9 Å². The molecule has 0 saturated heterocycles. The second kappa shape index (κ2) is 6.49. The third-order valence-electron chi connectivity index (χ3n) is 3.49. The molecule has 20 heavy (non-hydrogen) atoms.